The van der Waals surface area contributed by atoms with Crippen LogP contribution in [-0.2, 0) is 0 Å². The predicted octanol–water partition coefficient (Wildman–Crippen LogP) is 30.9. The highest BCUT2D eigenvalue weighted by Crippen LogP contribution is 2.56. The fraction of sp³-hybridized carbons (Fsp3) is 0. The molecule has 13 heteroatoms. The predicted molar refractivity (Wildman–Crippen MR) is 553 cm³/mol. The van der Waals surface area contributed by atoms with E-state index >= 15 is 0 Å². The first kappa shape index (κ1) is 70.5. The second kappa shape index (κ2) is 25.5. The highest BCUT2D eigenvalue weighted by molar-refractivity contribution is 6.43. The smallest absolute Gasteiger partial charge is 0.374 e. The van der Waals surface area contributed by atoms with Gasteiger partial charge in [0.1, 0.15) is 5.52 Å². The van der Waals surface area contributed by atoms with Crippen LogP contribution >= 0.6 is 0 Å². The Kier molecular flexibility index (Phi) is 13.4. The quantitative estimate of drug-likeness (QED) is 0.163. The number of para-hydroxylation sites is 7. The SMILES string of the molecule is [C-]#[N+]c1nc(-n2c3ccccc3c3c4c5c6ccccc6ccc5n5c6ccccc6c(cc32)c45)c2ccccc2n1.c1cc2c3c(cccc3c1)-c1nc(-n3c4ccccc4c4c5c6c7ccccc7ccc6n6c7ccccc7c(cc43)c56)cnc1-2.c1ccc2c(c1)ccc1c2c2c3c4ccccc4n(-c4ccc5c6c(cccc46)-c4nccnc4-5)c3cc3c4ccccc4n1c32. The van der Waals surface area contributed by atoms with Crippen LogP contribution in [0.1, 0.15) is 0 Å². The third kappa shape index (κ3) is 8.82. The zero-order chi connectivity index (χ0) is 86.9. The largest absolute Gasteiger partial charge is 0.394 e. The van der Waals surface area contributed by atoms with Crippen LogP contribution in [0.5, 0.6) is 0 Å². The van der Waals surface area contributed by atoms with Gasteiger partial charge in [-0.1, -0.05) is 267 Å². The first-order chi connectivity index (χ1) is 66.5. The van der Waals surface area contributed by atoms with Gasteiger partial charge in [-0.2, -0.15) is 0 Å². The van der Waals surface area contributed by atoms with Crippen molar-refractivity contribution in [2.24, 2.45) is 0 Å². The van der Waals surface area contributed by atoms with Crippen molar-refractivity contribution in [3.8, 4) is 62.4 Å². The van der Waals surface area contributed by atoms with E-state index in [1.807, 2.05) is 30.5 Å². The first-order valence-corrected chi connectivity index (χ1v) is 45.5. The number of nitrogens with zero attached hydrogens (tertiary/aromatic N) is 13. The minimum absolute atomic E-state index is 0.146. The standard InChI is InChI=1S/2C42H22N4.C37H19N5/c1-2-12-25-23(9-1)19-20-33-37(25)39-38-27-14-4-6-18-32(27)45(34(38)21-30-26-13-3-5-17-31(26)46(33)42(30)39)35-22-43-40-28-15-7-10-24-11-8-16-29(36(24)28)41(40)44-35;1-2-9-24-23(8-1)16-18-34-37(24)39-38-27-11-4-6-15-32(27)45(35(38)22-30-25-10-3-5-14-31(25)46(34)42(30)39)33-19-17-29-36-26(33)12-7-13-28(36)40-41(29)44-21-20-43-40;1-38-37-39-27-15-7-4-13-24(27)36(40-37)42-29-17-9-6-14-25(29)33-31(42)20-26-23-12-5-8-16-28(23)41-30-19-18-21-10-2-3-11-22(21)32(30)34(33)35(26)41/h2*1-22H;2-20H. The molecule has 0 spiro atoms. The van der Waals surface area contributed by atoms with Crippen LogP contribution < -0.4 is 0 Å². The maximum Gasteiger partial charge on any atom is 0.374 e. The normalized spacial score (nSPS) is 12.6. The zero-order valence-electron chi connectivity index (χ0n) is 71.2. The molecule has 0 N–H and O–H groups in total. The summed E-state index contributed by atoms with van der Waals surface area (Å²) >= 11 is 0. The average molecular weight is 1700 g/mol. The van der Waals surface area contributed by atoms with Gasteiger partial charge in [-0.15, -0.1) is 16.5 Å². The molecule has 0 bridgehead atoms. The summed E-state index contributed by atoms with van der Waals surface area (Å²) in [6, 6.07) is 132. The average Bonchev–Trinajstić information content (AvgIpc) is 1.52. The van der Waals surface area contributed by atoms with Crippen molar-refractivity contribution >= 4 is 250 Å². The van der Waals surface area contributed by atoms with Gasteiger partial charge in [0, 0.05) is 148 Å². The van der Waals surface area contributed by atoms with Crippen LogP contribution in [0.25, 0.3) is 312 Å². The van der Waals surface area contributed by atoms with Crippen LogP contribution in [0.15, 0.2) is 383 Å². The zero-order valence-corrected chi connectivity index (χ0v) is 71.2. The molecule has 0 unspecified atom stereocenters. The molecule has 2 aliphatic rings. The van der Waals surface area contributed by atoms with Crippen LogP contribution in [0.2, 0.25) is 0 Å². The third-order valence-corrected chi connectivity index (χ3v) is 29.7. The lowest BCUT2D eigenvalue weighted by atomic mass is 9.98. The fourth-order valence-corrected chi connectivity index (χ4v) is 24.6. The number of hydrogen-bond acceptors (Lipinski definition) is 6. The molecule has 0 aliphatic heterocycles. The summed E-state index contributed by atoms with van der Waals surface area (Å²) in [6.45, 7) is 7.76. The number of rotatable bonds is 3. The van der Waals surface area contributed by atoms with Crippen LogP contribution in [0.3, 0.4) is 0 Å². The second-order valence-electron chi connectivity index (χ2n) is 36.0. The minimum Gasteiger partial charge on any atom is -0.394 e. The topological polar surface area (TPSA) is 110 Å². The van der Waals surface area contributed by atoms with E-state index in [0.717, 1.165) is 95.0 Å². The Balaban J connectivity index is 0.0000000925. The number of fused-ring (bicyclic) bond motifs is 43. The molecule has 12 aromatic heterocycles. The summed E-state index contributed by atoms with van der Waals surface area (Å²) in [5.74, 6) is 1.71. The van der Waals surface area contributed by atoms with Crippen LogP contribution in [0, 0.1) is 6.57 Å². The maximum absolute atomic E-state index is 7.76. The molecule has 20 aromatic carbocycles. The third-order valence-electron chi connectivity index (χ3n) is 29.7. The Morgan fingerprint density at radius 3 is 1.08 bits per heavy atom. The summed E-state index contributed by atoms with van der Waals surface area (Å²) in [4.78, 5) is 33.1. The van der Waals surface area contributed by atoms with E-state index in [1.54, 1.807) is 12.4 Å². The lowest BCUT2D eigenvalue weighted by Gasteiger charge is -2.13. The molecule has 0 saturated carbocycles. The Morgan fingerprint density at radius 1 is 0.216 bits per heavy atom. The molecule has 612 valence electrons. The molecule has 32 aromatic rings. The molecule has 0 atom stereocenters. The molecular weight excluding hydrogens is 1640 g/mol. The molecule has 0 amide bonds. The van der Waals surface area contributed by atoms with Gasteiger partial charge in [0.05, 0.1) is 123 Å². The van der Waals surface area contributed by atoms with Crippen molar-refractivity contribution in [2.75, 3.05) is 0 Å². The van der Waals surface area contributed by atoms with Gasteiger partial charge in [-0.3, -0.25) is 24.1 Å². The van der Waals surface area contributed by atoms with E-state index < -0.39 is 0 Å². The molecule has 0 saturated heterocycles. The van der Waals surface area contributed by atoms with E-state index in [-0.39, 0.29) is 5.95 Å². The highest BCUT2D eigenvalue weighted by atomic mass is 15.1. The van der Waals surface area contributed by atoms with Gasteiger partial charge < -0.3 is 22.6 Å². The van der Waals surface area contributed by atoms with Crippen LogP contribution in [-0.4, -0.2) is 56.8 Å². The summed E-state index contributed by atoms with van der Waals surface area (Å²) in [6.07, 6.45) is 5.55. The Morgan fingerprint density at radius 2 is 0.582 bits per heavy atom. The molecule has 34 rings (SSSR count). The van der Waals surface area contributed by atoms with E-state index in [1.165, 1.54) is 212 Å². The maximum atomic E-state index is 7.76. The van der Waals surface area contributed by atoms with E-state index in [9.17, 15) is 0 Å². The summed E-state index contributed by atoms with van der Waals surface area (Å²) in [7, 11) is 0. The van der Waals surface area contributed by atoms with E-state index in [0.29, 0.717) is 0 Å². The van der Waals surface area contributed by atoms with Gasteiger partial charge in [0.25, 0.3) is 0 Å². The fourth-order valence-electron chi connectivity index (χ4n) is 24.6. The monoisotopic (exact) mass is 1700 g/mol. The summed E-state index contributed by atoms with van der Waals surface area (Å²) in [5, 5.41) is 36.1. The summed E-state index contributed by atoms with van der Waals surface area (Å²) in [5.41, 5.74) is 28.5. The Labute approximate surface area is 758 Å². The number of aromatic nitrogens is 12. The van der Waals surface area contributed by atoms with Crippen molar-refractivity contribution in [1.29, 1.82) is 0 Å². The molecular formula is C121H63N13. The van der Waals surface area contributed by atoms with Gasteiger partial charge in [-0.25, -0.2) is 4.98 Å². The van der Waals surface area contributed by atoms with Crippen molar-refractivity contribution in [3.63, 3.8) is 0 Å². The van der Waals surface area contributed by atoms with Gasteiger partial charge in [0.15, 0.2) is 5.82 Å². The lowest BCUT2D eigenvalue weighted by molar-refractivity contribution is 1.05. The van der Waals surface area contributed by atoms with Gasteiger partial charge in [-0.05, 0) is 135 Å². The Hall–Kier alpha value is -18.5. The van der Waals surface area contributed by atoms with Crippen molar-refractivity contribution < 1.29 is 0 Å². The highest BCUT2D eigenvalue weighted by Gasteiger charge is 2.34. The van der Waals surface area contributed by atoms with Gasteiger partial charge in [0.2, 0.25) is 5.82 Å². The van der Waals surface area contributed by atoms with Crippen molar-refractivity contribution in [3.05, 3.63) is 394 Å². The van der Waals surface area contributed by atoms with Crippen molar-refractivity contribution in [2.45, 2.75) is 0 Å². The van der Waals surface area contributed by atoms with Crippen LogP contribution in [0.4, 0.5) is 5.95 Å². The molecule has 0 radical (unpaired) electrons. The molecule has 13 nitrogen and oxygen atoms in total. The Bertz CT molecular complexity index is 11000. The molecule has 0 fully saturated rings. The number of benzene rings is 20. The number of hydrogen-bond donors (Lipinski definition) is 0. The summed E-state index contributed by atoms with van der Waals surface area (Å²) < 4.78 is 14.5. The first-order valence-electron chi connectivity index (χ1n) is 45.5. The minimum atomic E-state index is 0.146. The molecule has 134 heavy (non-hydrogen) atoms. The van der Waals surface area contributed by atoms with E-state index in [4.69, 9.17) is 31.5 Å². The molecule has 2 aliphatic carbocycles. The van der Waals surface area contributed by atoms with E-state index in [2.05, 4.69) is 376 Å². The second-order valence-corrected chi connectivity index (χ2v) is 36.0. The van der Waals surface area contributed by atoms with Gasteiger partial charge >= 0.3 is 5.95 Å². The van der Waals surface area contributed by atoms with Crippen molar-refractivity contribution in [1.82, 2.24) is 56.8 Å². The lowest BCUT2D eigenvalue weighted by Crippen LogP contribution is -2.00. The molecule has 12 heterocycles.